The number of hydrogen-bond acceptors (Lipinski definition) is 4. The number of nitrogens with zero attached hydrogens (tertiary/aromatic N) is 2. The van der Waals surface area contributed by atoms with Gasteiger partial charge < -0.3 is 24.0 Å². The third-order valence-electron chi connectivity index (χ3n) is 8.05. The quantitative estimate of drug-likeness (QED) is 0.459. The summed E-state index contributed by atoms with van der Waals surface area (Å²) in [6.07, 6.45) is 4.21. The molecule has 3 aromatic rings. The SMILES string of the molecule is Cc1ccc(C2c3cc(C(=O)O)ccc3CCN2C(=O)Cc2ccc(OCCC3CCOCC3)cc2)n1C. The van der Waals surface area contributed by atoms with Gasteiger partial charge in [0.15, 0.2) is 0 Å². The molecular formula is C31H36N2O5. The Labute approximate surface area is 224 Å². The number of carbonyl (C=O) groups is 2. The summed E-state index contributed by atoms with van der Waals surface area (Å²) < 4.78 is 13.5. The number of hydrogen-bond donors (Lipinski definition) is 1. The molecule has 1 N–H and O–H groups in total. The molecule has 2 aromatic carbocycles. The minimum atomic E-state index is -0.965. The molecule has 2 aliphatic rings. The van der Waals surface area contributed by atoms with Crippen molar-refractivity contribution < 1.29 is 24.2 Å². The van der Waals surface area contributed by atoms with Crippen molar-refractivity contribution >= 4 is 11.9 Å². The van der Waals surface area contributed by atoms with Crippen LogP contribution in [0.1, 0.15) is 63.7 Å². The molecule has 1 unspecified atom stereocenters. The number of aryl methyl sites for hydroxylation is 1. The Balaban J connectivity index is 1.30. The van der Waals surface area contributed by atoms with Gasteiger partial charge in [0.25, 0.3) is 0 Å². The summed E-state index contributed by atoms with van der Waals surface area (Å²) in [5.74, 6) is 0.544. The molecule has 1 atom stereocenters. The van der Waals surface area contributed by atoms with Gasteiger partial charge in [-0.15, -0.1) is 0 Å². The summed E-state index contributed by atoms with van der Waals surface area (Å²) >= 11 is 0. The molecule has 3 heterocycles. The molecule has 1 fully saturated rings. The van der Waals surface area contributed by atoms with E-state index in [1.165, 1.54) is 0 Å². The van der Waals surface area contributed by atoms with E-state index >= 15 is 0 Å². The van der Waals surface area contributed by atoms with E-state index in [-0.39, 0.29) is 23.9 Å². The lowest BCUT2D eigenvalue weighted by atomic mass is 9.88. The summed E-state index contributed by atoms with van der Waals surface area (Å²) in [6, 6.07) is 16.8. The van der Waals surface area contributed by atoms with Gasteiger partial charge in [-0.2, -0.15) is 0 Å². The smallest absolute Gasteiger partial charge is 0.335 e. The Morgan fingerprint density at radius 3 is 2.50 bits per heavy atom. The standard InChI is InChI=1S/C31H36N2O5/c1-21-3-10-28(32(21)2)30-27-20-25(31(35)36)7-6-24(27)11-15-33(30)29(34)19-23-4-8-26(9-5-23)38-18-14-22-12-16-37-17-13-22/h3-10,20,22,30H,11-19H2,1-2H3,(H,35,36). The first-order valence-electron chi connectivity index (χ1n) is 13.5. The summed E-state index contributed by atoms with van der Waals surface area (Å²) in [5, 5.41) is 9.61. The average Bonchev–Trinajstić information content (AvgIpc) is 3.26. The lowest BCUT2D eigenvalue weighted by molar-refractivity contribution is -0.132. The van der Waals surface area contributed by atoms with Crippen LogP contribution in [-0.4, -0.2) is 52.8 Å². The van der Waals surface area contributed by atoms with Gasteiger partial charge in [-0.05, 0) is 91.6 Å². The van der Waals surface area contributed by atoms with Crippen molar-refractivity contribution in [3.05, 3.63) is 88.2 Å². The number of aromatic carboxylic acids is 1. The second kappa shape index (κ2) is 11.4. The largest absolute Gasteiger partial charge is 0.494 e. The highest BCUT2D eigenvalue weighted by molar-refractivity contribution is 5.88. The van der Waals surface area contributed by atoms with E-state index in [1.807, 2.05) is 61.3 Å². The van der Waals surface area contributed by atoms with E-state index in [4.69, 9.17) is 9.47 Å². The van der Waals surface area contributed by atoms with Crippen molar-refractivity contribution in [1.29, 1.82) is 0 Å². The number of carbonyl (C=O) groups excluding carboxylic acids is 1. The molecule has 0 bridgehead atoms. The molecule has 1 aromatic heterocycles. The second-order valence-corrected chi connectivity index (χ2v) is 10.4. The molecule has 1 saturated heterocycles. The zero-order chi connectivity index (χ0) is 26.6. The van der Waals surface area contributed by atoms with E-state index in [0.29, 0.717) is 25.5 Å². The number of carboxylic acids is 1. The van der Waals surface area contributed by atoms with Gasteiger partial charge in [-0.25, -0.2) is 4.79 Å². The summed E-state index contributed by atoms with van der Waals surface area (Å²) in [7, 11) is 1.99. The topological polar surface area (TPSA) is 81.0 Å². The Morgan fingerprint density at radius 1 is 1.05 bits per heavy atom. The predicted molar refractivity (Wildman–Crippen MR) is 145 cm³/mol. The van der Waals surface area contributed by atoms with Crippen molar-refractivity contribution in [2.75, 3.05) is 26.4 Å². The fourth-order valence-electron chi connectivity index (χ4n) is 5.60. The summed E-state index contributed by atoms with van der Waals surface area (Å²) in [5.41, 5.74) is 5.21. The lowest BCUT2D eigenvalue weighted by Crippen LogP contribution is -2.42. The summed E-state index contributed by atoms with van der Waals surface area (Å²) in [6.45, 7) is 5.00. The van der Waals surface area contributed by atoms with Gasteiger partial charge in [0, 0.05) is 38.2 Å². The Kier molecular flexibility index (Phi) is 7.84. The molecule has 0 radical (unpaired) electrons. The normalized spacial score (nSPS) is 17.7. The highest BCUT2D eigenvalue weighted by atomic mass is 16.5. The van der Waals surface area contributed by atoms with Crippen LogP contribution >= 0.6 is 0 Å². The first-order valence-corrected chi connectivity index (χ1v) is 13.5. The first kappa shape index (κ1) is 26.0. The van der Waals surface area contributed by atoms with Crippen molar-refractivity contribution in [3.8, 4) is 5.75 Å². The van der Waals surface area contributed by atoms with Crippen molar-refractivity contribution in [2.45, 2.75) is 45.1 Å². The minimum absolute atomic E-state index is 0.0217. The fourth-order valence-corrected chi connectivity index (χ4v) is 5.60. The molecule has 5 rings (SSSR count). The zero-order valence-corrected chi connectivity index (χ0v) is 22.2. The monoisotopic (exact) mass is 516 g/mol. The van der Waals surface area contributed by atoms with Crippen LogP contribution in [0.15, 0.2) is 54.6 Å². The van der Waals surface area contributed by atoms with E-state index in [9.17, 15) is 14.7 Å². The van der Waals surface area contributed by atoms with Crippen molar-refractivity contribution in [1.82, 2.24) is 9.47 Å². The molecule has 0 aliphatic carbocycles. The molecule has 38 heavy (non-hydrogen) atoms. The van der Waals surface area contributed by atoms with Gasteiger partial charge in [0.2, 0.25) is 5.91 Å². The number of carboxylic acid groups (broad SMARTS) is 1. The minimum Gasteiger partial charge on any atom is -0.494 e. The van der Waals surface area contributed by atoms with Crippen LogP contribution in [0.5, 0.6) is 5.75 Å². The van der Waals surface area contributed by atoms with E-state index in [2.05, 4.69) is 4.57 Å². The Hall–Kier alpha value is -3.58. The first-order chi connectivity index (χ1) is 18.4. The van der Waals surface area contributed by atoms with Gasteiger partial charge in [-0.1, -0.05) is 18.2 Å². The average molecular weight is 517 g/mol. The molecule has 7 nitrogen and oxygen atoms in total. The van der Waals surface area contributed by atoms with Gasteiger partial charge in [-0.3, -0.25) is 4.79 Å². The van der Waals surface area contributed by atoms with Crippen LogP contribution in [0.3, 0.4) is 0 Å². The molecule has 0 saturated carbocycles. The number of amides is 1. The number of benzene rings is 2. The van der Waals surface area contributed by atoms with Crippen LogP contribution in [0.2, 0.25) is 0 Å². The third kappa shape index (κ3) is 5.63. The Bertz CT molecular complexity index is 1290. The van der Waals surface area contributed by atoms with Crippen LogP contribution in [0.4, 0.5) is 0 Å². The molecule has 7 heteroatoms. The van der Waals surface area contributed by atoms with E-state index < -0.39 is 5.97 Å². The maximum atomic E-state index is 13.7. The third-order valence-corrected chi connectivity index (χ3v) is 8.05. The summed E-state index contributed by atoms with van der Waals surface area (Å²) in [4.78, 5) is 27.3. The number of rotatable bonds is 8. The van der Waals surface area contributed by atoms with Gasteiger partial charge >= 0.3 is 5.97 Å². The Morgan fingerprint density at radius 2 is 1.82 bits per heavy atom. The van der Waals surface area contributed by atoms with Crippen LogP contribution < -0.4 is 4.74 Å². The van der Waals surface area contributed by atoms with Gasteiger partial charge in [0.05, 0.1) is 24.6 Å². The molecule has 2 aliphatic heterocycles. The maximum Gasteiger partial charge on any atom is 0.335 e. The van der Waals surface area contributed by atoms with Crippen molar-refractivity contribution in [2.24, 2.45) is 13.0 Å². The van der Waals surface area contributed by atoms with E-state index in [0.717, 1.165) is 66.3 Å². The molecule has 0 spiro atoms. The van der Waals surface area contributed by atoms with Crippen molar-refractivity contribution in [3.63, 3.8) is 0 Å². The van der Waals surface area contributed by atoms with Crippen LogP contribution in [-0.2, 0) is 29.4 Å². The highest BCUT2D eigenvalue weighted by Crippen LogP contribution is 2.37. The second-order valence-electron chi connectivity index (χ2n) is 10.4. The molecule has 1 amide bonds. The van der Waals surface area contributed by atoms with E-state index in [1.54, 1.807) is 12.1 Å². The maximum absolute atomic E-state index is 13.7. The van der Waals surface area contributed by atoms with Crippen LogP contribution in [0, 0.1) is 12.8 Å². The highest BCUT2D eigenvalue weighted by Gasteiger charge is 2.34. The van der Waals surface area contributed by atoms with Crippen LogP contribution in [0.25, 0.3) is 0 Å². The number of fused-ring (bicyclic) bond motifs is 1. The zero-order valence-electron chi connectivity index (χ0n) is 22.2. The molecule has 200 valence electrons. The molecular weight excluding hydrogens is 480 g/mol. The predicted octanol–water partition coefficient (Wildman–Crippen LogP) is 4.94. The number of aromatic nitrogens is 1. The lowest BCUT2D eigenvalue weighted by Gasteiger charge is -2.38. The number of ether oxygens (including phenoxy) is 2. The fraction of sp³-hybridized carbons (Fsp3) is 0.419. The van der Waals surface area contributed by atoms with Gasteiger partial charge in [0.1, 0.15) is 5.75 Å².